The van der Waals surface area contributed by atoms with Gasteiger partial charge in [-0.25, -0.2) is 0 Å². The molecule has 2 rings (SSSR count). The molecule has 0 bridgehead atoms. The fourth-order valence-corrected chi connectivity index (χ4v) is 3.53. The molecule has 88 valence electrons. The van der Waals surface area contributed by atoms with Gasteiger partial charge in [-0.1, -0.05) is 20.8 Å². The lowest BCUT2D eigenvalue weighted by Crippen LogP contribution is -2.42. The summed E-state index contributed by atoms with van der Waals surface area (Å²) in [6, 6.07) is 0. The van der Waals surface area contributed by atoms with E-state index in [4.69, 9.17) is 4.74 Å². The topological polar surface area (TPSA) is 12.5 Å². The first-order valence-corrected chi connectivity index (χ1v) is 6.41. The second kappa shape index (κ2) is 4.06. The number of nitrogens with zero attached hydrogens (tertiary/aromatic N) is 1. The van der Waals surface area contributed by atoms with Gasteiger partial charge in [0, 0.05) is 18.7 Å². The van der Waals surface area contributed by atoms with Gasteiger partial charge < -0.3 is 4.74 Å². The highest BCUT2D eigenvalue weighted by Crippen LogP contribution is 2.47. The molecule has 2 heterocycles. The molecular formula is C13H25NO. The molecule has 0 aromatic rings. The fourth-order valence-electron chi connectivity index (χ4n) is 3.53. The number of rotatable bonds is 4. The van der Waals surface area contributed by atoms with Crippen LogP contribution in [0.5, 0.6) is 0 Å². The Morgan fingerprint density at radius 3 is 2.87 bits per heavy atom. The van der Waals surface area contributed by atoms with Gasteiger partial charge in [0.05, 0.1) is 6.61 Å². The molecule has 1 atom stereocenters. The van der Waals surface area contributed by atoms with Gasteiger partial charge in [-0.05, 0) is 37.6 Å². The third kappa shape index (κ3) is 2.21. The Morgan fingerprint density at radius 1 is 1.33 bits per heavy atom. The molecule has 2 heteroatoms. The molecule has 2 nitrogen and oxygen atoms in total. The molecule has 0 saturated carbocycles. The normalized spacial score (nSPS) is 34.6. The van der Waals surface area contributed by atoms with E-state index in [2.05, 4.69) is 25.7 Å². The van der Waals surface area contributed by atoms with Crippen LogP contribution in [0, 0.1) is 5.41 Å². The predicted octanol–water partition coefficient (Wildman–Crippen LogP) is 2.68. The zero-order chi connectivity index (χ0) is 10.9. The molecule has 0 amide bonds. The summed E-state index contributed by atoms with van der Waals surface area (Å²) in [5.41, 5.74) is 0.897. The molecule has 2 aliphatic rings. The fraction of sp³-hybridized carbons (Fsp3) is 1.00. The van der Waals surface area contributed by atoms with Crippen LogP contribution in [0.4, 0.5) is 0 Å². The third-order valence-corrected chi connectivity index (χ3v) is 3.89. The summed E-state index contributed by atoms with van der Waals surface area (Å²) < 4.78 is 5.82. The predicted molar refractivity (Wildman–Crippen MR) is 63.0 cm³/mol. The summed E-state index contributed by atoms with van der Waals surface area (Å²) in [5, 5.41) is 0. The van der Waals surface area contributed by atoms with Crippen molar-refractivity contribution in [2.75, 3.05) is 26.3 Å². The summed E-state index contributed by atoms with van der Waals surface area (Å²) in [6.07, 6.45) is 5.18. The largest absolute Gasteiger partial charge is 0.380 e. The van der Waals surface area contributed by atoms with Gasteiger partial charge in [-0.15, -0.1) is 0 Å². The molecule has 0 aromatic heterocycles. The highest BCUT2D eigenvalue weighted by atomic mass is 16.5. The number of hydrogen-bond acceptors (Lipinski definition) is 2. The van der Waals surface area contributed by atoms with Crippen LogP contribution in [-0.2, 0) is 4.74 Å². The van der Waals surface area contributed by atoms with Crippen molar-refractivity contribution in [3.8, 4) is 0 Å². The Hall–Kier alpha value is -0.0800. The van der Waals surface area contributed by atoms with Crippen LogP contribution in [0.25, 0.3) is 0 Å². The van der Waals surface area contributed by atoms with Crippen molar-refractivity contribution in [1.29, 1.82) is 0 Å². The molecule has 0 N–H and O–H groups in total. The van der Waals surface area contributed by atoms with Gasteiger partial charge in [0.15, 0.2) is 0 Å². The lowest BCUT2D eigenvalue weighted by molar-refractivity contribution is 0.0352. The number of fused-ring (bicyclic) bond motifs is 1. The van der Waals surface area contributed by atoms with Crippen LogP contribution >= 0.6 is 0 Å². The quantitative estimate of drug-likeness (QED) is 0.663. The summed E-state index contributed by atoms with van der Waals surface area (Å²) in [6.45, 7) is 11.4. The van der Waals surface area contributed by atoms with Crippen molar-refractivity contribution in [3.63, 3.8) is 0 Å². The van der Waals surface area contributed by atoms with Crippen molar-refractivity contribution in [3.05, 3.63) is 0 Å². The summed E-state index contributed by atoms with van der Waals surface area (Å²) in [7, 11) is 0. The first-order chi connectivity index (χ1) is 7.08. The van der Waals surface area contributed by atoms with Gasteiger partial charge in [0.1, 0.15) is 0 Å². The van der Waals surface area contributed by atoms with Crippen LogP contribution in [-0.4, -0.2) is 36.7 Å². The number of hydrogen-bond donors (Lipinski definition) is 0. The standard InChI is InChI=1S/C13H25NO/c1-4-8-15-11-13-6-5-7-14(13)10-12(2,3)9-13/h4-11H2,1-3H3/t13-/m0/s1. The van der Waals surface area contributed by atoms with Gasteiger partial charge in [-0.3, -0.25) is 4.90 Å². The Labute approximate surface area is 94.0 Å². The maximum absolute atomic E-state index is 5.82. The van der Waals surface area contributed by atoms with E-state index in [1.807, 2.05) is 0 Å². The maximum atomic E-state index is 5.82. The van der Waals surface area contributed by atoms with Gasteiger partial charge in [0.25, 0.3) is 0 Å². The smallest absolute Gasteiger partial charge is 0.0650 e. The summed E-state index contributed by atoms with van der Waals surface area (Å²) in [4.78, 5) is 2.68. The van der Waals surface area contributed by atoms with Crippen molar-refractivity contribution < 1.29 is 4.74 Å². The molecule has 2 aliphatic heterocycles. The van der Waals surface area contributed by atoms with E-state index in [1.54, 1.807) is 0 Å². The zero-order valence-corrected chi connectivity index (χ0v) is 10.5. The Bertz CT molecular complexity index is 227. The lowest BCUT2D eigenvalue weighted by atomic mass is 9.83. The van der Waals surface area contributed by atoms with Gasteiger partial charge >= 0.3 is 0 Å². The van der Waals surface area contributed by atoms with E-state index < -0.39 is 0 Å². The first-order valence-electron chi connectivity index (χ1n) is 6.41. The second-order valence-electron chi connectivity index (χ2n) is 6.14. The Balaban J connectivity index is 1.98. The van der Waals surface area contributed by atoms with Crippen LogP contribution in [0.3, 0.4) is 0 Å². The van der Waals surface area contributed by atoms with Crippen LogP contribution in [0.15, 0.2) is 0 Å². The number of ether oxygens (including phenoxy) is 1. The van der Waals surface area contributed by atoms with Crippen molar-refractivity contribution >= 4 is 0 Å². The summed E-state index contributed by atoms with van der Waals surface area (Å²) in [5.74, 6) is 0. The van der Waals surface area contributed by atoms with E-state index in [0.717, 1.165) is 19.6 Å². The average Bonchev–Trinajstić information content (AvgIpc) is 2.57. The van der Waals surface area contributed by atoms with E-state index in [9.17, 15) is 0 Å². The second-order valence-corrected chi connectivity index (χ2v) is 6.14. The molecule has 2 fully saturated rings. The monoisotopic (exact) mass is 211 g/mol. The average molecular weight is 211 g/mol. The molecule has 2 saturated heterocycles. The Kier molecular flexibility index (Phi) is 3.09. The van der Waals surface area contributed by atoms with Crippen LogP contribution in [0.2, 0.25) is 0 Å². The van der Waals surface area contributed by atoms with Crippen molar-refractivity contribution in [2.24, 2.45) is 5.41 Å². The molecule has 0 spiro atoms. The highest BCUT2D eigenvalue weighted by molar-refractivity contribution is 5.06. The van der Waals surface area contributed by atoms with Gasteiger partial charge in [-0.2, -0.15) is 0 Å². The SMILES string of the molecule is CCCOC[C@@]12CCCN1CC(C)(C)C2. The van der Waals surface area contributed by atoms with E-state index in [1.165, 1.54) is 32.4 Å². The highest BCUT2D eigenvalue weighted by Gasteiger charge is 2.51. The molecule has 15 heavy (non-hydrogen) atoms. The van der Waals surface area contributed by atoms with Crippen LogP contribution < -0.4 is 0 Å². The van der Waals surface area contributed by atoms with Crippen molar-refractivity contribution in [2.45, 2.75) is 52.0 Å². The van der Waals surface area contributed by atoms with Crippen LogP contribution in [0.1, 0.15) is 46.5 Å². The van der Waals surface area contributed by atoms with E-state index in [0.29, 0.717) is 11.0 Å². The molecule has 0 radical (unpaired) electrons. The minimum atomic E-state index is 0.401. The van der Waals surface area contributed by atoms with Crippen molar-refractivity contribution in [1.82, 2.24) is 4.90 Å². The molecule has 0 aromatic carbocycles. The molecule has 0 aliphatic carbocycles. The lowest BCUT2D eigenvalue weighted by Gasteiger charge is -2.31. The third-order valence-electron chi connectivity index (χ3n) is 3.89. The molecule has 0 unspecified atom stereocenters. The summed E-state index contributed by atoms with van der Waals surface area (Å²) >= 11 is 0. The minimum absolute atomic E-state index is 0.401. The Morgan fingerprint density at radius 2 is 2.13 bits per heavy atom. The van der Waals surface area contributed by atoms with E-state index >= 15 is 0 Å². The van der Waals surface area contributed by atoms with Gasteiger partial charge in [0.2, 0.25) is 0 Å². The minimum Gasteiger partial charge on any atom is -0.380 e. The van der Waals surface area contributed by atoms with E-state index in [-0.39, 0.29) is 0 Å². The zero-order valence-electron chi connectivity index (χ0n) is 10.5. The molecular weight excluding hydrogens is 186 g/mol. The maximum Gasteiger partial charge on any atom is 0.0650 e. The first kappa shape index (κ1) is 11.4.